The summed E-state index contributed by atoms with van der Waals surface area (Å²) < 4.78 is 0. The summed E-state index contributed by atoms with van der Waals surface area (Å²) in [5, 5.41) is 0. The van der Waals surface area contributed by atoms with Gasteiger partial charge in [-0.05, 0) is 39.4 Å². The van der Waals surface area contributed by atoms with Gasteiger partial charge in [-0.1, -0.05) is 76.2 Å². The highest BCUT2D eigenvalue weighted by atomic mass is 14.7. The molecular weight excluding hydrogens is 216 g/mol. The second-order valence-corrected chi connectivity index (χ2v) is 9.71. The quantitative estimate of drug-likeness (QED) is 0.536. The second-order valence-electron chi connectivity index (χ2n) is 9.71. The summed E-state index contributed by atoms with van der Waals surface area (Å²) >= 11 is 0. The first kappa shape index (κ1) is 16.1. The van der Waals surface area contributed by atoms with Gasteiger partial charge in [-0.2, -0.15) is 0 Å². The summed E-state index contributed by atoms with van der Waals surface area (Å²) in [4.78, 5) is 0. The predicted molar refractivity (Wildman–Crippen MR) is 82.6 cm³/mol. The molecule has 0 heterocycles. The molecule has 1 aliphatic carbocycles. The van der Waals surface area contributed by atoms with Crippen LogP contribution in [0.25, 0.3) is 0 Å². The molecule has 1 saturated carbocycles. The molecule has 0 bridgehead atoms. The third-order valence-corrected chi connectivity index (χ3v) is 6.95. The molecule has 0 nitrogen and oxygen atoms in total. The van der Waals surface area contributed by atoms with E-state index in [0.29, 0.717) is 21.7 Å². The summed E-state index contributed by atoms with van der Waals surface area (Å²) in [6, 6.07) is 0. The van der Waals surface area contributed by atoms with Gasteiger partial charge in [0.05, 0.1) is 0 Å². The Kier molecular flexibility index (Phi) is 3.56. The van der Waals surface area contributed by atoms with Gasteiger partial charge in [0.25, 0.3) is 0 Å². The van der Waals surface area contributed by atoms with Crippen molar-refractivity contribution in [1.82, 2.24) is 0 Å². The fourth-order valence-corrected chi connectivity index (χ4v) is 4.77. The van der Waals surface area contributed by atoms with Crippen molar-refractivity contribution in [3.05, 3.63) is 0 Å². The van der Waals surface area contributed by atoms with Gasteiger partial charge in [-0.25, -0.2) is 0 Å². The lowest BCUT2D eigenvalue weighted by Crippen LogP contribution is -2.67. The Hall–Kier alpha value is 0. The maximum Gasteiger partial charge on any atom is -0.0210 e. The van der Waals surface area contributed by atoms with E-state index in [4.69, 9.17) is 0 Å². The molecule has 0 spiro atoms. The highest BCUT2D eigenvalue weighted by Gasteiger charge is 2.67. The Morgan fingerprint density at radius 2 is 1.28 bits per heavy atom. The van der Waals surface area contributed by atoms with Gasteiger partial charge >= 0.3 is 0 Å². The van der Waals surface area contributed by atoms with E-state index in [1.165, 1.54) is 0 Å². The molecule has 0 amide bonds. The van der Waals surface area contributed by atoms with E-state index in [1.807, 2.05) is 0 Å². The second kappa shape index (κ2) is 4.00. The smallest absolute Gasteiger partial charge is 0.0210 e. The third kappa shape index (κ3) is 1.95. The summed E-state index contributed by atoms with van der Waals surface area (Å²) in [5.74, 6) is 2.35. The standard InChI is InChI=1S/C18H36/c1-12(15(3,4)5)14-17(9,10)13(2)18(14,11)16(6,7)8/h12-14H,1-11H3. The highest BCUT2D eigenvalue weighted by Crippen LogP contribution is 2.73. The van der Waals surface area contributed by atoms with E-state index >= 15 is 0 Å². The van der Waals surface area contributed by atoms with Gasteiger partial charge in [-0.15, -0.1) is 0 Å². The van der Waals surface area contributed by atoms with E-state index in [1.54, 1.807) is 0 Å². The van der Waals surface area contributed by atoms with Crippen LogP contribution >= 0.6 is 0 Å². The lowest BCUT2D eigenvalue weighted by atomic mass is 9.32. The van der Waals surface area contributed by atoms with E-state index in [2.05, 4.69) is 76.2 Å². The predicted octanol–water partition coefficient (Wildman–Crippen LogP) is 6.01. The van der Waals surface area contributed by atoms with Crippen LogP contribution in [0.5, 0.6) is 0 Å². The lowest BCUT2D eigenvalue weighted by Gasteiger charge is -2.73. The van der Waals surface area contributed by atoms with Crippen molar-refractivity contribution in [3.8, 4) is 0 Å². The third-order valence-electron chi connectivity index (χ3n) is 6.95. The number of hydrogen-bond donors (Lipinski definition) is 0. The van der Waals surface area contributed by atoms with Crippen molar-refractivity contribution in [1.29, 1.82) is 0 Å². The van der Waals surface area contributed by atoms with Crippen molar-refractivity contribution in [2.24, 2.45) is 39.4 Å². The summed E-state index contributed by atoms with van der Waals surface area (Å²) in [6.45, 7) is 27.0. The van der Waals surface area contributed by atoms with Gasteiger partial charge in [0, 0.05) is 0 Å². The van der Waals surface area contributed by atoms with Crippen LogP contribution in [0.2, 0.25) is 0 Å². The highest BCUT2D eigenvalue weighted by molar-refractivity contribution is 5.15. The molecule has 0 aromatic rings. The Morgan fingerprint density at radius 3 is 1.56 bits per heavy atom. The zero-order valence-electron chi connectivity index (χ0n) is 14.7. The minimum atomic E-state index is 0.381. The average Bonchev–Trinajstić information content (AvgIpc) is 2.13. The molecule has 108 valence electrons. The van der Waals surface area contributed by atoms with E-state index in [0.717, 1.165) is 17.8 Å². The van der Waals surface area contributed by atoms with Gasteiger partial charge in [0.1, 0.15) is 0 Å². The molecule has 18 heavy (non-hydrogen) atoms. The Morgan fingerprint density at radius 1 is 0.889 bits per heavy atom. The molecule has 1 rings (SSSR count). The molecule has 0 aromatic heterocycles. The molecule has 0 aliphatic heterocycles. The minimum absolute atomic E-state index is 0.381. The topological polar surface area (TPSA) is 0 Å². The van der Waals surface area contributed by atoms with Crippen molar-refractivity contribution >= 4 is 0 Å². The molecule has 4 unspecified atom stereocenters. The summed E-state index contributed by atoms with van der Waals surface area (Å²) in [7, 11) is 0. The molecule has 0 radical (unpaired) electrons. The van der Waals surface area contributed by atoms with Crippen molar-refractivity contribution in [3.63, 3.8) is 0 Å². The van der Waals surface area contributed by atoms with E-state index < -0.39 is 0 Å². The zero-order chi connectivity index (χ0) is 14.7. The van der Waals surface area contributed by atoms with Crippen LogP contribution in [0.15, 0.2) is 0 Å². The van der Waals surface area contributed by atoms with E-state index in [9.17, 15) is 0 Å². The normalized spacial score (nSPS) is 38.2. The van der Waals surface area contributed by atoms with Crippen LogP contribution < -0.4 is 0 Å². The lowest BCUT2D eigenvalue weighted by molar-refractivity contribution is -0.250. The maximum absolute atomic E-state index is 2.54. The van der Waals surface area contributed by atoms with Crippen LogP contribution in [0, 0.1) is 39.4 Å². The largest absolute Gasteiger partial charge is 0.0617 e. The first-order valence-corrected chi connectivity index (χ1v) is 7.68. The number of rotatable bonds is 1. The summed E-state index contributed by atoms with van der Waals surface area (Å²) in [5.41, 5.74) is 1.69. The molecule has 1 aliphatic rings. The zero-order valence-corrected chi connectivity index (χ0v) is 14.7. The average molecular weight is 252 g/mol. The molecule has 4 atom stereocenters. The fourth-order valence-electron chi connectivity index (χ4n) is 4.77. The fraction of sp³-hybridized carbons (Fsp3) is 1.00. The van der Waals surface area contributed by atoms with Crippen molar-refractivity contribution in [2.75, 3.05) is 0 Å². The maximum atomic E-state index is 2.54. The molecule has 0 N–H and O–H groups in total. The van der Waals surface area contributed by atoms with Crippen LogP contribution in [0.3, 0.4) is 0 Å². The SMILES string of the molecule is CC(C1C(C)(C)C(C)C1(C)C(C)(C)C)C(C)(C)C. The minimum Gasteiger partial charge on any atom is -0.0617 e. The Bertz CT molecular complexity index is 310. The Labute approximate surface area is 116 Å². The molecule has 0 saturated heterocycles. The van der Waals surface area contributed by atoms with Crippen molar-refractivity contribution in [2.45, 2.75) is 76.2 Å². The van der Waals surface area contributed by atoms with Gasteiger partial charge in [0.2, 0.25) is 0 Å². The van der Waals surface area contributed by atoms with Crippen LogP contribution in [-0.4, -0.2) is 0 Å². The van der Waals surface area contributed by atoms with Crippen molar-refractivity contribution < 1.29 is 0 Å². The molecular formula is C18H36. The molecule has 0 aromatic carbocycles. The van der Waals surface area contributed by atoms with Gasteiger partial charge in [-0.3, -0.25) is 0 Å². The number of hydrogen-bond acceptors (Lipinski definition) is 0. The molecule has 0 heteroatoms. The first-order valence-electron chi connectivity index (χ1n) is 7.68. The van der Waals surface area contributed by atoms with Crippen LogP contribution in [-0.2, 0) is 0 Å². The van der Waals surface area contributed by atoms with Crippen LogP contribution in [0.1, 0.15) is 76.2 Å². The van der Waals surface area contributed by atoms with Crippen LogP contribution in [0.4, 0.5) is 0 Å². The monoisotopic (exact) mass is 252 g/mol. The Balaban J connectivity index is 3.22. The summed E-state index contributed by atoms with van der Waals surface area (Å²) in [6.07, 6.45) is 0. The van der Waals surface area contributed by atoms with Gasteiger partial charge in [0.15, 0.2) is 0 Å². The molecule has 1 fully saturated rings. The first-order chi connectivity index (χ1) is 7.68. The van der Waals surface area contributed by atoms with E-state index in [-0.39, 0.29) is 0 Å². The van der Waals surface area contributed by atoms with Gasteiger partial charge < -0.3 is 0 Å².